The number of para-hydroxylation sites is 1. The molecular weight excluding hydrogens is 558 g/mol. The van der Waals surface area contributed by atoms with E-state index in [0.29, 0.717) is 42.5 Å². The lowest BCUT2D eigenvalue weighted by Gasteiger charge is -2.36. The van der Waals surface area contributed by atoms with Crippen LogP contribution in [-0.4, -0.2) is 77.5 Å². The average Bonchev–Trinajstić information content (AvgIpc) is 3.50. The number of β-amino-alcohol motifs (C(OH)–C–C–N with tert-alkyl or cyclic N) is 1. The Balaban J connectivity index is 1.21. The van der Waals surface area contributed by atoms with Crippen molar-refractivity contribution in [2.75, 3.05) is 62.0 Å². The fourth-order valence-corrected chi connectivity index (χ4v) is 6.07. The highest BCUT2D eigenvalue weighted by Crippen LogP contribution is 2.36. The number of fused-ring (bicyclic) bond motifs is 3. The SMILES string of the molecule is CCc1cccc(CC)c1NC(=O)c1onc2c1CCc1cnc(Nc3ccc(N4CCN(CCO)CC4)cc3OC)nc1-2. The molecule has 2 aromatic heterocycles. The van der Waals surface area contributed by atoms with Crippen LogP contribution in [0.15, 0.2) is 47.1 Å². The number of amides is 1. The molecule has 230 valence electrons. The van der Waals surface area contributed by atoms with E-state index < -0.39 is 0 Å². The summed E-state index contributed by atoms with van der Waals surface area (Å²) in [5.74, 6) is 1.01. The van der Waals surface area contributed by atoms with E-state index in [1.807, 2.05) is 30.3 Å². The molecule has 3 heterocycles. The monoisotopic (exact) mass is 597 g/mol. The van der Waals surface area contributed by atoms with Gasteiger partial charge in [-0.15, -0.1) is 0 Å². The lowest BCUT2D eigenvalue weighted by Crippen LogP contribution is -2.47. The molecule has 2 aromatic carbocycles. The molecule has 0 radical (unpaired) electrons. The van der Waals surface area contributed by atoms with Crippen molar-refractivity contribution in [3.05, 3.63) is 70.6 Å². The number of nitrogens with one attached hydrogen (secondary N) is 2. The number of aliphatic hydroxyl groups excluding tert-OH is 1. The van der Waals surface area contributed by atoms with Crippen LogP contribution in [0.25, 0.3) is 11.4 Å². The largest absolute Gasteiger partial charge is 0.494 e. The molecule has 0 unspecified atom stereocenters. The number of carbonyl (C=O) groups is 1. The van der Waals surface area contributed by atoms with E-state index in [1.54, 1.807) is 13.3 Å². The van der Waals surface area contributed by atoms with Gasteiger partial charge in [-0.1, -0.05) is 37.2 Å². The lowest BCUT2D eigenvalue weighted by molar-refractivity contribution is 0.0986. The second-order valence-electron chi connectivity index (χ2n) is 11.1. The molecule has 3 N–H and O–H groups in total. The van der Waals surface area contributed by atoms with Gasteiger partial charge in [-0.25, -0.2) is 9.97 Å². The fraction of sp³-hybridized carbons (Fsp3) is 0.394. The van der Waals surface area contributed by atoms with E-state index in [-0.39, 0.29) is 18.3 Å². The van der Waals surface area contributed by atoms with Crippen molar-refractivity contribution in [1.29, 1.82) is 0 Å². The first-order valence-electron chi connectivity index (χ1n) is 15.3. The van der Waals surface area contributed by atoms with Gasteiger partial charge in [-0.2, -0.15) is 0 Å². The predicted octanol–water partition coefficient (Wildman–Crippen LogP) is 4.47. The molecule has 0 spiro atoms. The average molecular weight is 598 g/mol. The Morgan fingerprint density at radius 1 is 1.05 bits per heavy atom. The Bertz CT molecular complexity index is 1620. The standard InChI is InChI=1S/C33H39N7O4/c1-4-21-7-6-8-22(5-2)28(21)36-32(42)31-25-11-9-23-20-34-33(37-29(23)30(25)38-44-31)35-26-12-10-24(19-27(26)43-3)40-15-13-39(14-16-40)17-18-41/h6-8,10,12,19-20,41H,4-5,9,11,13-18H2,1-3H3,(H,36,42)(H,34,35,37). The van der Waals surface area contributed by atoms with Gasteiger partial charge in [0.05, 0.1) is 19.4 Å². The first kappa shape index (κ1) is 29.6. The van der Waals surface area contributed by atoms with Crippen LogP contribution in [0.2, 0.25) is 0 Å². The maximum Gasteiger partial charge on any atom is 0.294 e. The Labute approximate surface area is 257 Å². The van der Waals surface area contributed by atoms with Crippen molar-refractivity contribution in [3.63, 3.8) is 0 Å². The summed E-state index contributed by atoms with van der Waals surface area (Å²) >= 11 is 0. The maximum absolute atomic E-state index is 13.4. The minimum absolute atomic E-state index is 0.182. The zero-order valence-corrected chi connectivity index (χ0v) is 25.5. The third-order valence-electron chi connectivity index (χ3n) is 8.55. The van der Waals surface area contributed by atoms with E-state index in [4.69, 9.17) is 14.2 Å². The van der Waals surface area contributed by atoms with Crippen molar-refractivity contribution in [2.24, 2.45) is 0 Å². The van der Waals surface area contributed by atoms with Gasteiger partial charge in [0.15, 0.2) is 0 Å². The van der Waals surface area contributed by atoms with Crippen molar-refractivity contribution in [2.45, 2.75) is 39.5 Å². The van der Waals surface area contributed by atoms with Crippen LogP contribution in [0.4, 0.5) is 23.0 Å². The van der Waals surface area contributed by atoms with Gasteiger partial charge in [-0.05, 0) is 54.5 Å². The molecule has 2 aliphatic rings. The molecule has 0 atom stereocenters. The Morgan fingerprint density at radius 3 is 2.52 bits per heavy atom. The molecule has 1 aliphatic heterocycles. The molecule has 1 fully saturated rings. The van der Waals surface area contributed by atoms with Gasteiger partial charge in [-0.3, -0.25) is 9.69 Å². The second kappa shape index (κ2) is 13.0. The van der Waals surface area contributed by atoms with Crippen LogP contribution >= 0.6 is 0 Å². The zero-order valence-electron chi connectivity index (χ0n) is 25.5. The normalized spacial score (nSPS) is 14.6. The number of carbonyl (C=O) groups excluding carboxylic acids is 1. The van der Waals surface area contributed by atoms with Crippen LogP contribution in [0.1, 0.15) is 46.7 Å². The zero-order chi connectivity index (χ0) is 30.6. The number of aromatic nitrogens is 3. The smallest absolute Gasteiger partial charge is 0.294 e. The molecule has 1 saturated heterocycles. The van der Waals surface area contributed by atoms with Gasteiger partial charge in [0.1, 0.15) is 17.1 Å². The molecule has 1 amide bonds. The quantitative estimate of drug-likeness (QED) is 0.241. The van der Waals surface area contributed by atoms with E-state index in [0.717, 1.165) is 78.3 Å². The number of methoxy groups -OCH3 is 1. The second-order valence-corrected chi connectivity index (χ2v) is 11.1. The lowest BCUT2D eigenvalue weighted by atomic mass is 9.93. The number of ether oxygens (including phenoxy) is 1. The van der Waals surface area contributed by atoms with Crippen LogP contribution in [-0.2, 0) is 25.7 Å². The van der Waals surface area contributed by atoms with Crippen LogP contribution in [0, 0.1) is 0 Å². The van der Waals surface area contributed by atoms with Gasteiger partial charge >= 0.3 is 0 Å². The van der Waals surface area contributed by atoms with Gasteiger partial charge in [0.2, 0.25) is 11.7 Å². The summed E-state index contributed by atoms with van der Waals surface area (Å²) in [6.07, 6.45) is 4.73. The third-order valence-corrected chi connectivity index (χ3v) is 8.55. The first-order valence-corrected chi connectivity index (χ1v) is 15.3. The van der Waals surface area contributed by atoms with E-state index in [2.05, 4.69) is 50.5 Å². The number of anilines is 4. The number of aliphatic hydroxyl groups is 1. The highest BCUT2D eigenvalue weighted by molar-refractivity contribution is 6.05. The molecule has 1 aliphatic carbocycles. The Hall–Kier alpha value is -4.48. The summed E-state index contributed by atoms with van der Waals surface area (Å²) < 4.78 is 11.4. The predicted molar refractivity (Wildman–Crippen MR) is 170 cm³/mol. The van der Waals surface area contributed by atoms with Crippen LogP contribution < -0.4 is 20.3 Å². The summed E-state index contributed by atoms with van der Waals surface area (Å²) in [6.45, 7) is 8.63. The molecular formula is C33H39N7O4. The summed E-state index contributed by atoms with van der Waals surface area (Å²) in [4.78, 5) is 27.4. The van der Waals surface area contributed by atoms with Crippen molar-refractivity contribution in [1.82, 2.24) is 20.0 Å². The summed E-state index contributed by atoms with van der Waals surface area (Å²) in [5, 5.41) is 19.9. The van der Waals surface area contributed by atoms with Gasteiger partial charge < -0.3 is 29.9 Å². The third kappa shape index (κ3) is 5.85. The van der Waals surface area contributed by atoms with Gasteiger partial charge in [0, 0.05) is 61.9 Å². The molecule has 6 rings (SSSR count). The van der Waals surface area contributed by atoms with Crippen molar-refractivity contribution in [3.8, 4) is 17.1 Å². The number of hydrogen-bond donors (Lipinski definition) is 3. The maximum atomic E-state index is 13.4. The number of benzene rings is 2. The Kier molecular flexibility index (Phi) is 8.76. The number of rotatable bonds is 10. The molecule has 4 aromatic rings. The van der Waals surface area contributed by atoms with Crippen LogP contribution in [0.3, 0.4) is 0 Å². The van der Waals surface area contributed by atoms with Crippen molar-refractivity contribution < 1.29 is 19.2 Å². The van der Waals surface area contributed by atoms with Crippen LogP contribution in [0.5, 0.6) is 5.75 Å². The molecule has 44 heavy (non-hydrogen) atoms. The molecule has 11 heteroatoms. The van der Waals surface area contributed by atoms with E-state index >= 15 is 0 Å². The highest BCUT2D eigenvalue weighted by atomic mass is 16.5. The van der Waals surface area contributed by atoms with Gasteiger partial charge in [0.25, 0.3) is 5.91 Å². The first-order chi connectivity index (χ1) is 21.5. The highest BCUT2D eigenvalue weighted by Gasteiger charge is 2.30. The fourth-order valence-electron chi connectivity index (χ4n) is 6.07. The number of piperazine rings is 1. The van der Waals surface area contributed by atoms with Crippen molar-refractivity contribution >= 4 is 28.9 Å². The number of hydrogen-bond acceptors (Lipinski definition) is 10. The summed E-state index contributed by atoms with van der Waals surface area (Å²) in [6, 6.07) is 12.2. The summed E-state index contributed by atoms with van der Waals surface area (Å²) in [7, 11) is 1.65. The van der Waals surface area contributed by atoms with E-state index in [1.165, 1.54) is 0 Å². The summed E-state index contributed by atoms with van der Waals surface area (Å²) in [5.41, 5.74) is 7.79. The molecule has 11 nitrogen and oxygen atoms in total. The molecule has 0 bridgehead atoms. The molecule has 0 saturated carbocycles. The number of aryl methyl sites for hydroxylation is 3. The van der Waals surface area contributed by atoms with E-state index in [9.17, 15) is 9.90 Å². The minimum atomic E-state index is -0.301. The number of nitrogens with zero attached hydrogens (tertiary/aromatic N) is 5. The topological polar surface area (TPSA) is 129 Å². The Morgan fingerprint density at radius 2 is 1.82 bits per heavy atom. The minimum Gasteiger partial charge on any atom is -0.494 e.